The third-order valence-electron chi connectivity index (χ3n) is 5.31. The number of nitrogens with one attached hydrogen (secondary N) is 2. The first-order valence-corrected chi connectivity index (χ1v) is 9.46. The first-order chi connectivity index (χ1) is 15.5. The molecule has 9 nitrogen and oxygen atoms in total. The normalized spacial score (nSPS) is 16.7. The SMILES string of the molecule is [2H]C([2H])([2H])NC(=O)c1cc(C)c(Nc2ncc3c(n2)n(C2CCOCC2)c(=O)n3C)cc1F. The summed E-state index contributed by atoms with van der Waals surface area (Å²) in [6.07, 6.45) is 2.90. The summed E-state index contributed by atoms with van der Waals surface area (Å²) in [5, 5.41) is 4.69. The van der Waals surface area contributed by atoms with Gasteiger partial charge in [-0.2, -0.15) is 4.98 Å². The summed E-state index contributed by atoms with van der Waals surface area (Å²) in [5.41, 5.74) is 1.21. The summed E-state index contributed by atoms with van der Waals surface area (Å²) in [5.74, 6) is -1.79. The second kappa shape index (κ2) is 7.86. The molecular weight excluding hydrogens is 391 g/mol. The summed E-state index contributed by atoms with van der Waals surface area (Å²) >= 11 is 0. The quantitative estimate of drug-likeness (QED) is 0.673. The van der Waals surface area contributed by atoms with Crippen molar-refractivity contribution in [1.29, 1.82) is 0 Å². The van der Waals surface area contributed by atoms with Crippen molar-refractivity contribution in [2.45, 2.75) is 25.8 Å². The number of benzene rings is 1. The second-order valence-electron chi connectivity index (χ2n) is 7.18. The Bertz CT molecular complexity index is 1280. The number of hydrogen-bond acceptors (Lipinski definition) is 6. The van der Waals surface area contributed by atoms with Gasteiger partial charge in [0.1, 0.15) is 11.3 Å². The smallest absolute Gasteiger partial charge is 0.330 e. The van der Waals surface area contributed by atoms with Crippen LogP contribution in [0.4, 0.5) is 16.0 Å². The van der Waals surface area contributed by atoms with Gasteiger partial charge in [-0.15, -0.1) is 0 Å². The Balaban J connectivity index is 1.67. The van der Waals surface area contributed by atoms with E-state index < -0.39 is 18.7 Å². The lowest BCUT2D eigenvalue weighted by atomic mass is 10.1. The van der Waals surface area contributed by atoms with Crippen LogP contribution in [0.3, 0.4) is 0 Å². The highest BCUT2D eigenvalue weighted by molar-refractivity contribution is 5.95. The Hall–Kier alpha value is -3.27. The van der Waals surface area contributed by atoms with Gasteiger partial charge in [0.25, 0.3) is 5.91 Å². The largest absolute Gasteiger partial charge is 0.381 e. The van der Waals surface area contributed by atoms with Gasteiger partial charge in [-0.3, -0.25) is 13.9 Å². The fraction of sp³-hybridized carbons (Fsp3) is 0.400. The van der Waals surface area contributed by atoms with Crippen LogP contribution in [0.1, 0.15) is 38.9 Å². The molecule has 4 rings (SSSR count). The average molecular weight is 417 g/mol. The predicted octanol–water partition coefficient (Wildman–Crippen LogP) is 2.03. The number of hydrogen-bond donors (Lipinski definition) is 2. The fourth-order valence-corrected chi connectivity index (χ4v) is 3.65. The molecule has 30 heavy (non-hydrogen) atoms. The molecule has 3 heterocycles. The first-order valence-electron chi connectivity index (χ1n) is 11.0. The number of fused-ring (bicyclic) bond motifs is 1. The van der Waals surface area contributed by atoms with E-state index in [2.05, 4.69) is 15.3 Å². The third kappa shape index (κ3) is 3.43. The van der Waals surface area contributed by atoms with Gasteiger partial charge < -0.3 is 15.4 Å². The maximum absolute atomic E-state index is 14.6. The molecule has 2 aromatic heterocycles. The molecule has 0 radical (unpaired) electrons. The Labute approximate surface area is 176 Å². The number of carbonyl (C=O) groups is 1. The number of anilines is 2. The second-order valence-corrected chi connectivity index (χ2v) is 7.18. The van der Waals surface area contributed by atoms with Crippen LogP contribution in [0.25, 0.3) is 11.2 Å². The highest BCUT2D eigenvalue weighted by atomic mass is 19.1. The van der Waals surface area contributed by atoms with Crippen molar-refractivity contribution < 1.29 is 18.0 Å². The minimum Gasteiger partial charge on any atom is -0.381 e. The van der Waals surface area contributed by atoms with Crippen molar-refractivity contribution in [2.24, 2.45) is 7.05 Å². The van der Waals surface area contributed by atoms with Crippen molar-refractivity contribution in [2.75, 3.05) is 25.5 Å². The molecule has 1 aliphatic heterocycles. The molecule has 0 spiro atoms. The lowest BCUT2D eigenvalue weighted by Gasteiger charge is -2.22. The maximum Gasteiger partial charge on any atom is 0.330 e. The number of imidazole rings is 1. The zero-order valence-corrected chi connectivity index (χ0v) is 16.5. The van der Waals surface area contributed by atoms with E-state index in [1.165, 1.54) is 16.8 Å². The van der Waals surface area contributed by atoms with Crippen LogP contribution in [-0.2, 0) is 11.8 Å². The average Bonchev–Trinajstić information content (AvgIpc) is 2.99. The third-order valence-corrected chi connectivity index (χ3v) is 5.31. The van der Waals surface area contributed by atoms with Gasteiger partial charge in [-0.05, 0) is 37.5 Å². The van der Waals surface area contributed by atoms with Crippen LogP contribution in [0.2, 0.25) is 0 Å². The van der Waals surface area contributed by atoms with Crippen molar-refractivity contribution in [3.05, 3.63) is 45.8 Å². The number of ether oxygens (including phenoxy) is 1. The molecule has 1 fully saturated rings. The summed E-state index contributed by atoms with van der Waals surface area (Å²) < 4.78 is 44.5. The molecular formula is C20H23FN6O3. The van der Waals surface area contributed by atoms with Crippen LogP contribution in [-0.4, -0.2) is 45.2 Å². The number of aromatic nitrogens is 4. The van der Waals surface area contributed by atoms with E-state index in [4.69, 9.17) is 8.85 Å². The molecule has 0 atom stereocenters. The Morgan fingerprint density at radius 3 is 2.87 bits per heavy atom. The zero-order valence-electron chi connectivity index (χ0n) is 19.5. The number of nitrogens with zero attached hydrogens (tertiary/aromatic N) is 4. The zero-order chi connectivity index (χ0) is 23.9. The molecule has 0 aliphatic carbocycles. The summed E-state index contributed by atoms with van der Waals surface area (Å²) in [4.78, 5) is 33.6. The van der Waals surface area contributed by atoms with Crippen LogP contribution < -0.4 is 16.3 Å². The molecule has 1 aliphatic rings. The Morgan fingerprint density at radius 1 is 1.37 bits per heavy atom. The molecule has 3 aromatic rings. The van der Waals surface area contributed by atoms with Crippen LogP contribution in [0, 0.1) is 12.7 Å². The molecule has 1 amide bonds. The number of rotatable bonds is 4. The standard InChI is InChI=1S/C20H23FN6O3/c1-11-8-13(18(28)22-2)14(21)9-15(11)24-19-23-10-16-17(25-19)27(20(29)26(16)3)12-4-6-30-7-5-12/h8-10,12H,4-7H2,1-3H3,(H,22,28)(H,23,24,25)/i2D3. The minimum absolute atomic E-state index is 0.0482. The highest BCUT2D eigenvalue weighted by Crippen LogP contribution is 2.26. The molecule has 10 heteroatoms. The fourth-order valence-electron chi connectivity index (χ4n) is 3.65. The van der Waals surface area contributed by atoms with Gasteiger partial charge in [0.15, 0.2) is 5.65 Å². The lowest BCUT2D eigenvalue weighted by molar-refractivity contribution is 0.0695. The maximum atomic E-state index is 14.6. The number of carbonyl (C=O) groups excluding carboxylic acids is 1. The minimum atomic E-state index is -2.73. The van der Waals surface area contributed by atoms with Gasteiger partial charge in [0.2, 0.25) is 5.95 Å². The van der Waals surface area contributed by atoms with Gasteiger partial charge >= 0.3 is 5.69 Å². The number of aryl methyl sites for hydroxylation is 2. The summed E-state index contributed by atoms with van der Waals surface area (Å²) in [7, 11) is 1.65. The first kappa shape index (κ1) is 16.5. The molecule has 1 aromatic carbocycles. The van der Waals surface area contributed by atoms with E-state index >= 15 is 0 Å². The number of amides is 1. The Kier molecular flexibility index (Phi) is 4.33. The number of halogens is 1. The van der Waals surface area contributed by atoms with E-state index in [-0.39, 0.29) is 23.2 Å². The van der Waals surface area contributed by atoms with E-state index in [1.807, 2.05) is 0 Å². The van der Waals surface area contributed by atoms with E-state index in [0.29, 0.717) is 48.5 Å². The topological polar surface area (TPSA) is 103 Å². The van der Waals surface area contributed by atoms with Gasteiger partial charge in [-0.1, -0.05) is 0 Å². The highest BCUT2D eigenvalue weighted by Gasteiger charge is 2.23. The van der Waals surface area contributed by atoms with Crippen LogP contribution in [0.15, 0.2) is 23.1 Å². The van der Waals surface area contributed by atoms with Gasteiger partial charge in [0, 0.05) is 43.1 Å². The monoisotopic (exact) mass is 417 g/mol. The van der Waals surface area contributed by atoms with Crippen molar-refractivity contribution >= 4 is 28.7 Å². The van der Waals surface area contributed by atoms with Crippen molar-refractivity contribution in [3.8, 4) is 0 Å². The molecule has 2 N–H and O–H groups in total. The molecule has 0 saturated carbocycles. The van der Waals surface area contributed by atoms with Gasteiger partial charge in [0.05, 0.1) is 11.8 Å². The van der Waals surface area contributed by atoms with Crippen molar-refractivity contribution in [1.82, 2.24) is 24.4 Å². The lowest BCUT2D eigenvalue weighted by Crippen LogP contribution is -2.30. The van der Waals surface area contributed by atoms with E-state index in [0.717, 1.165) is 6.07 Å². The summed E-state index contributed by atoms with van der Waals surface area (Å²) in [6.45, 7) is 0.0220. The van der Waals surface area contributed by atoms with Crippen LogP contribution in [0.5, 0.6) is 0 Å². The Morgan fingerprint density at radius 2 is 2.13 bits per heavy atom. The van der Waals surface area contributed by atoms with Gasteiger partial charge in [-0.25, -0.2) is 14.2 Å². The molecule has 0 bridgehead atoms. The van der Waals surface area contributed by atoms with Crippen molar-refractivity contribution in [3.63, 3.8) is 0 Å². The predicted molar refractivity (Wildman–Crippen MR) is 110 cm³/mol. The molecule has 1 saturated heterocycles. The van der Waals surface area contributed by atoms with Crippen LogP contribution >= 0.6 is 0 Å². The van der Waals surface area contributed by atoms with E-state index in [1.54, 1.807) is 23.9 Å². The van der Waals surface area contributed by atoms with E-state index in [9.17, 15) is 14.0 Å². The summed E-state index contributed by atoms with van der Waals surface area (Å²) in [6, 6.07) is 2.28. The molecule has 158 valence electrons. The molecule has 0 unspecified atom stereocenters.